The van der Waals surface area contributed by atoms with Crippen molar-refractivity contribution in [3.05, 3.63) is 94.1 Å². The Hall–Kier alpha value is -2.82. The second-order valence-electron chi connectivity index (χ2n) is 8.52. The lowest BCUT2D eigenvalue weighted by Gasteiger charge is -2.20. The van der Waals surface area contributed by atoms with E-state index in [1.807, 2.05) is 66.7 Å². The van der Waals surface area contributed by atoms with Crippen LogP contribution in [0, 0.1) is 0 Å². The van der Waals surface area contributed by atoms with Crippen LogP contribution in [0.3, 0.4) is 0 Å². The highest BCUT2D eigenvalue weighted by atomic mass is 32.1. The van der Waals surface area contributed by atoms with Gasteiger partial charge in [-0.15, -0.1) is 11.3 Å². The molecular formula is C28H30O3S. The van der Waals surface area contributed by atoms with Crippen LogP contribution in [0.25, 0.3) is 20.2 Å². The number of carbonyl (C=O) groups is 1. The Balaban J connectivity index is 0.000000188. The minimum atomic E-state index is -1.23. The van der Waals surface area contributed by atoms with E-state index in [0.29, 0.717) is 18.8 Å². The van der Waals surface area contributed by atoms with E-state index in [9.17, 15) is 14.7 Å². The first-order valence-electron chi connectivity index (χ1n) is 11.0. The molecule has 1 heterocycles. The van der Waals surface area contributed by atoms with Gasteiger partial charge in [0, 0.05) is 33.0 Å². The Labute approximate surface area is 193 Å². The molecule has 4 aromatic rings. The molecule has 1 unspecified atom stereocenters. The molecule has 1 aromatic heterocycles. The van der Waals surface area contributed by atoms with Crippen LogP contribution in [-0.4, -0.2) is 16.5 Å². The Morgan fingerprint density at radius 2 is 1.56 bits per heavy atom. The van der Waals surface area contributed by atoms with E-state index in [-0.39, 0.29) is 11.2 Å². The van der Waals surface area contributed by atoms with E-state index in [1.54, 1.807) is 25.2 Å². The Morgan fingerprint density at radius 3 is 2.22 bits per heavy atom. The minimum absolute atomic E-state index is 0.110. The quantitative estimate of drug-likeness (QED) is 0.356. The third-order valence-electron chi connectivity index (χ3n) is 5.57. The van der Waals surface area contributed by atoms with E-state index in [0.717, 1.165) is 31.3 Å². The second kappa shape index (κ2) is 10.2. The van der Waals surface area contributed by atoms with Crippen molar-refractivity contribution < 1.29 is 9.90 Å². The van der Waals surface area contributed by atoms with Crippen molar-refractivity contribution in [1.29, 1.82) is 0 Å². The van der Waals surface area contributed by atoms with Gasteiger partial charge >= 0.3 is 0 Å². The number of aliphatic hydroxyl groups is 1. The molecule has 3 nitrogen and oxygen atoms in total. The zero-order chi connectivity index (χ0) is 23.3. The molecule has 0 bridgehead atoms. The Bertz CT molecular complexity index is 1270. The lowest BCUT2D eigenvalue weighted by atomic mass is 9.91. The maximum absolute atomic E-state index is 12.6. The van der Waals surface area contributed by atoms with Crippen molar-refractivity contribution in [1.82, 2.24) is 0 Å². The molecule has 0 radical (unpaired) electrons. The first-order valence-corrected chi connectivity index (χ1v) is 11.8. The lowest BCUT2D eigenvalue weighted by molar-refractivity contribution is -0.135. The van der Waals surface area contributed by atoms with Crippen LogP contribution in [0.4, 0.5) is 0 Å². The van der Waals surface area contributed by atoms with E-state index in [2.05, 4.69) is 19.9 Å². The molecule has 4 rings (SSSR count). The largest absolute Gasteiger partial charge is 0.382 e. The molecule has 0 aliphatic carbocycles. The fraction of sp³-hybridized carbons (Fsp3) is 0.286. The zero-order valence-corrected chi connectivity index (χ0v) is 19.9. The number of hydrogen-bond donors (Lipinski definition) is 1. The van der Waals surface area contributed by atoms with Gasteiger partial charge in [-0.05, 0) is 42.2 Å². The first-order chi connectivity index (χ1) is 15.2. The normalized spacial score (nSPS) is 12.9. The molecule has 0 saturated carbocycles. The summed E-state index contributed by atoms with van der Waals surface area (Å²) in [4.78, 5) is 24.0. The van der Waals surface area contributed by atoms with E-state index < -0.39 is 5.60 Å². The summed E-state index contributed by atoms with van der Waals surface area (Å²) in [7, 11) is 0. The van der Waals surface area contributed by atoms with Gasteiger partial charge in [0.1, 0.15) is 5.60 Å². The number of rotatable bonds is 5. The maximum Gasteiger partial charge on any atom is 0.196 e. The lowest BCUT2D eigenvalue weighted by Crippen LogP contribution is -2.36. The number of Topliss-reactive ketones (excluding diaryl/α,β-unsaturated/α-hetero) is 1. The van der Waals surface area contributed by atoms with Crippen molar-refractivity contribution in [2.75, 3.05) is 0 Å². The molecule has 1 atom stereocenters. The molecule has 0 amide bonds. The SMILES string of the molecule is CC(C)c1cccc2sc3ccccc3c(=O)c12.CCC(=O)C(C)(O)Cc1ccccc1. The topological polar surface area (TPSA) is 54.4 Å². The monoisotopic (exact) mass is 446 g/mol. The van der Waals surface area contributed by atoms with Gasteiger partial charge in [0.2, 0.25) is 0 Å². The third kappa shape index (κ3) is 5.32. The minimum Gasteiger partial charge on any atom is -0.382 e. The van der Waals surface area contributed by atoms with Crippen LogP contribution in [0.15, 0.2) is 77.6 Å². The average Bonchev–Trinajstić information content (AvgIpc) is 2.79. The summed E-state index contributed by atoms with van der Waals surface area (Å²) in [5, 5.41) is 11.6. The van der Waals surface area contributed by atoms with Gasteiger partial charge in [-0.3, -0.25) is 9.59 Å². The number of ketones is 1. The third-order valence-corrected chi connectivity index (χ3v) is 6.71. The number of benzene rings is 3. The average molecular weight is 447 g/mol. The highest BCUT2D eigenvalue weighted by molar-refractivity contribution is 7.24. The molecule has 0 spiro atoms. The molecule has 0 aliphatic heterocycles. The molecular weight excluding hydrogens is 416 g/mol. The molecule has 166 valence electrons. The summed E-state index contributed by atoms with van der Waals surface area (Å²) in [6.45, 7) is 7.61. The Kier molecular flexibility index (Phi) is 7.60. The number of carbonyl (C=O) groups excluding carboxylic acids is 1. The van der Waals surface area contributed by atoms with Gasteiger partial charge in [-0.2, -0.15) is 0 Å². The summed E-state index contributed by atoms with van der Waals surface area (Å²) < 4.78 is 2.15. The zero-order valence-electron chi connectivity index (χ0n) is 19.1. The molecule has 0 fully saturated rings. The summed E-state index contributed by atoms with van der Waals surface area (Å²) >= 11 is 1.70. The van der Waals surface area contributed by atoms with Crippen molar-refractivity contribution in [3.63, 3.8) is 0 Å². The van der Waals surface area contributed by atoms with Gasteiger partial charge in [-0.25, -0.2) is 0 Å². The molecule has 3 aromatic carbocycles. The van der Waals surface area contributed by atoms with Crippen LogP contribution in [-0.2, 0) is 11.2 Å². The van der Waals surface area contributed by atoms with Gasteiger partial charge in [-0.1, -0.05) is 75.4 Å². The van der Waals surface area contributed by atoms with Crippen molar-refractivity contribution in [3.8, 4) is 0 Å². The Morgan fingerprint density at radius 1 is 0.938 bits per heavy atom. The predicted molar refractivity (Wildman–Crippen MR) is 136 cm³/mol. The maximum atomic E-state index is 12.6. The van der Waals surface area contributed by atoms with Crippen molar-refractivity contribution in [2.24, 2.45) is 0 Å². The summed E-state index contributed by atoms with van der Waals surface area (Å²) in [6, 6.07) is 23.6. The number of fused-ring (bicyclic) bond motifs is 2. The molecule has 0 saturated heterocycles. The highest BCUT2D eigenvalue weighted by Crippen LogP contribution is 2.29. The fourth-order valence-electron chi connectivity index (χ4n) is 3.83. The van der Waals surface area contributed by atoms with E-state index in [4.69, 9.17) is 0 Å². The van der Waals surface area contributed by atoms with Crippen LogP contribution in [0.2, 0.25) is 0 Å². The van der Waals surface area contributed by atoms with Crippen LogP contribution < -0.4 is 5.43 Å². The fourth-order valence-corrected chi connectivity index (χ4v) is 4.94. The van der Waals surface area contributed by atoms with Crippen LogP contribution in [0.1, 0.15) is 51.2 Å². The summed E-state index contributed by atoms with van der Waals surface area (Å²) in [5.74, 6) is 0.260. The number of hydrogen-bond acceptors (Lipinski definition) is 4. The molecule has 1 N–H and O–H groups in total. The summed E-state index contributed by atoms with van der Waals surface area (Å²) in [6.07, 6.45) is 0.764. The second-order valence-corrected chi connectivity index (χ2v) is 9.60. The van der Waals surface area contributed by atoms with Crippen molar-refractivity contribution in [2.45, 2.75) is 52.1 Å². The summed E-state index contributed by atoms with van der Waals surface area (Å²) in [5.41, 5.74) is 1.08. The van der Waals surface area contributed by atoms with E-state index in [1.165, 1.54) is 0 Å². The first kappa shape index (κ1) is 23.8. The molecule has 0 aliphatic rings. The standard InChI is InChI=1S/C16H14OS.C12H16O2/c1-10(2)11-7-5-9-14-15(11)16(17)12-6-3-4-8-13(12)18-14;1-3-11(13)12(2,14)9-10-7-5-4-6-8-10/h3-10H,1-2H3;4-8,14H,3,9H2,1-2H3. The smallest absolute Gasteiger partial charge is 0.196 e. The predicted octanol–water partition coefficient (Wildman–Crippen LogP) is 6.50. The van der Waals surface area contributed by atoms with Gasteiger partial charge in [0.15, 0.2) is 11.2 Å². The van der Waals surface area contributed by atoms with Crippen LogP contribution in [0.5, 0.6) is 0 Å². The van der Waals surface area contributed by atoms with Gasteiger partial charge in [0.05, 0.1) is 0 Å². The van der Waals surface area contributed by atoms with Crippen molar-refractivity contribution >= 4 is 37.3 Å². The van der Waals surface area contributed by atoms with Gasteiger partial charge in [0.25, 0.3) is 0 Å². The van der Waals surface area contributed by atoms with Crippen LogP contribution >= 0.6 is 11.3 Å². The highest BCUT2D eigenvalue weighted by Gasteiger charge is 2.28. The van der Waals surface area contributed by atoms with Gasteiger partial charge < -0.3 is 5.11 Å². The molecule has 32 heavy (non-hydrogen) atoms. The molecule has 4 heteroatoms. The van der Waals surface area contributed by atoms with E-state index >= 15 is 0 Å².